The first-order chi connectivity index (χ1) is 10.5. The standard InChI is InChI=1S/C15H24NO5P/c1-4-16(13-22(18,20-5-2)21-6-3)15(17)19-12-14-10-8-7-9-11-14/h7-11H,4-6,12-13H2,1-3H3. The third-order valence-corrected chi connectivity index (χ3v) is 4.83. The van der Waals surface area contributed by atoms with Crippen LogP contribution >= 0.6 is 7.60 Å². The van der Waals surface area contributed by atoms with Crippen molar-refractivity contribution in [1.82, 2.24) is 4.90 Å². The SMILES string of the molecule is CCOP(=O)(CN(CC)C(=O)OCc1ccccc1)OCC. The number of benzene rings is 1. The maximum Gasteiger partial charge on any atom is 0.410 e. The lowest BCUT2D eigenvalue weighted by Gasteiger charge is -2.25. The average Bonchev–Trinajstić information content (AvgIpc) is 2.52. The molecule has 22 heavy (non-hydrogen) atoms. The maximum atomic E-state index is 12.5. The highest BCUT2D eigenvalue weighted by Crippen LogP contribution is 2.48. The van der Waals surface area contributed by atoms with E-state index >= 15 is 0 Å². The van der Waals surface area contributed by atoms with Crippen LogP contribution < -0.4 is 0 Å². The lowest BCUT2D eigenvalue weighted by Crippen LogP contribution is -2.33. The van der Waals surface area contributed by atoms with Crippen molar-refractivity contribution >= 4 is 13.7 Å². The van der Waals surface area contributed by atoms with E-state index in [9.17, 15) is 9.36 Å². The molecule has 1 aromatic carbocycles. The highest BCUT2D eigenvalue weighted by molar-refractivity contribution is 7.53. The summed E-state index contributed by atoms with van der Waals surface area (Å²) < 4.78 is 28.1. The third-order valence-electron chi connectivity index (χ3n) is 2.84. The molecule has 0 N–H and O–H groups in total. The summed E-state index contributed by atoms with van der Waals surface area (Å²) >= 11 is 0. The Bertz CT molecular complexity index is 484. The predicted octanol–water partition coefficient (Wildman–Crippen LogP) is 3.87. The Morgan fingerprint density at radius 1 is 1.09 bits per heavy atom. The summed E-state index contributed by atoms with van der Waals surface area (Å²) in [5.41, 5.74) is 0.893. The van der Waals surface area contributed by atoms with Crippen LogP contribution in [0.2, 0.25) is 0 Å². The van der Waals surface area contributed by atoms with E-state index in [0.717, 1.165) is 5.56 Å². The van der Waals surface area contributed by atoms with E-state index < -0.39 is 13.7 Å². The molecule has 0 fully saturated rings. The van der Waals surface area contributed by atoms with E-state index in [2.05, 4.69) is 0 Å². The molecule has 1 amide bonds. The quantitative estimate of drug-likeness (QED) is 0.644. The third kappa shape index (κ3) is 6.18. The molecule has 0 aliphatic rings. The molecule has 0 heterocycles. The normalized spacial score (nSPS) is 11.2. The van der Waals surface area contributed by atoms with Crippen molar-refractivity contribution in [3.63, 3.8) is 0 Å². The Balaban J connectivity index is 2.61. The molecular weight excluding hydrogens is 305 g/mol. The van der Waals surface area contributed by atoms with Gasteiger partial charge in [0, 0.05) is 6.54 Å². The maximum absolute atomic E-state index is 12.5. The minimum Gasteiger partial charge on any atom is -0.445 e. The van der Waals surface area contributed by atoms with Crippen molar-refractivity contribution in [2.45, 2.75) is 27.4 Å². The van der Waals surface area contributed by atoms with Crippen molar-refractivity contribution in [2.75, 3.05) is 26.0 Å². The summed E-state index contributed by atoms with van der Waals surface area (Å²) in [7, 11) is -3.32. The Morgan fingerprint density at radius 3 is 2.18 bits per heavy atom. The number of nitrogens with zero attached hydrogens (tertiary/aromatic N) is 1. The van der Waals surface area contributed by atoms with Crippen LogP contribution in [0.15, 0.2) is 30.3 Å². The Kier molecular flexibility index (Phi) is 8.17. The number of rotatable bonds is 9. The Morgan fingerprint density at radius 2 is 1.68 bits per heavy atom. The number of hydrogen-bond acceptors (Lipinski definition) is 5. The Labute approximate surface area is 131 Å². The fourth-order valence-corrected chi connectivity index (χ4v) is 3.58. The number of amides is 1. The molecular formula is C15H24NO5P. The second-order valence-electron chi connectivity index (χ2n) is 4.48. The first-order valence-electron chi connectivity index (χ1n) is 7.38. The summed E-state index contributed by atoms with van der Waals surface area (Å²) in [4.78, 5) is 13.4. The van der Waals surface area contributed by atoms with Gasteiger partial charge >= 0.3 is 13.7 Å². The van der Waals surface area contributed by atoms with Crippen molar-refractivity contribution in [3.05, 3.63) is 35.9 Å². The fourth-order valence-electron chi connectivity index (χ4n) is 1.82. The number of hydrogen-bond donors (Lipinski definition) is 0. The fraction of sp³-hybridized carbons (Fsp3) is 0.533. The van der Waals surface area contributed by atoms with Gasteiger partial charge in [0.2, 0.25) is 0 Å². The predicted molar refractivity (Wildman–Crippen MR) is 84.7 cm³/mol. The summed E-state index contributed by atoms with van der Waals surface area (Å²) in [6, 6.07) is 9.38. The second kappa shape index (κ2) is 9.62. The van der Waals surface area contributed by atoms with Gasteiger partial charge in [-0.15, -0.1) is 0 Å². The monoisotopic (exact) mass is 329 g/mol. The van der Waals surface area contributed by atoms with E-state index in [1.165, 1.54) is 4.90 Å². The van der Waals surface area contributed by atoms with Crippen molar-refractivity contribution in [2.24, 2.45) is 0 Å². The number of carbonyl (C=O) groups is 1. The zero-order valence-corrected chi connectivity index (χ0v) is 14.3. The van der Waals surface area contributed by atoms with Gasteiger partial charge in [0.25, 0.3) is 0 Å². The first-order valence-corrected chi connectivity index (χ1v) is 9.11. The molecule has 0 saturated heterocycles. The van der Waals surface area contributed by atoms with Gasteiger partial charge in [0.05, 0.1) is 13.2 Å². The molecule has 0 aliphatic carbocycles. The molecule has 124 valence electrons. The molecule has 0 aliphatic heterocycles. The van der Waals surface area contributed by atoms with E-state index in [4.69, 9.17) is 13.8 Å². The van der Waals surface area contributed by atoms with Crippen molar-refractivity contribution in [1.29, 1.82) is 0 Å². The van der Waals surface area contributed by atoms with Gasteiger partial charge in [-0.25, -0.2) is 4.79 Å². The van der Waals surface area contributed by atoms with E-state index in [1.807, 2.05) is 30.3 Å². The highest BCUT2D eigenvalue weighted by Gasteiger charge is 2.29. The van der Waals surface area contributed by atoms with E-state index in [-0.39, 0.29) is 26.1 Å². The summed E-state index contributed by atoms with van der Waals surface area (Å²) in [5.74, 6) is 0. The van der Waals surface area contributed by atoms with Gasteiger partial charge in [-0.2, -0.15) is 0 Å². The molecule has 7 heteroatoms. The van der Waals surface area contributed by atoms with Crippen molar-refractivity contribution in [3.8, 4) is 0 Å². The van der Waals surface area contributed by atoms with Gasteiger partial charge < -0.3 is 13.8 Å². The second-order valence-corrected chi connectivity index (χ2v) is 6.51. The van der Waals surface area contributed by atoms with Crippen LogP contribution in [0.25, 0.3) is 0 Å². The zero-order chi connectivity index (χ0) is 16.4. The van der Waals surface area contributed by atoms with E-state index in [1.54, 1.807) is 20.8 Å². The van der Waals surface area contributed by atoms with Gasteiger partial charge in [0.1, 0.15) is 12.9 Å². The molecule has 0 unspecified atom stereocenters. The highest BCUT2D eigenvalue weighted by atomic mass is 31.2. The molecule has 0 bridgehead atoms. The van der Waals surface area contributed by atoms with Gasteiger partial charge in [0.15, 0.2) is 0 Å². The largest absolute Gasteiger partial charge is 0.445 e. The number of carbonyl (C=O) groups excluding carboxylic acids is 1. The first kappa shape index (κ1) is 18.7. The minimum atomic E-state index is -3.32. The molecule has 0 spiro atoms. The summed E-state index contributed by atoms with van der Waals surface area (Å²) in [5, 5.41) is 0. The average molecular weight is 329 g/mol. The topological polar surface area (TPSA) is 65.1 Å². The van der Waals surface area contributed by atoms with Crippen LogP contribution in [0, 0.1) is 0 Å². The van der Waals surface area contributed by atoms with Gasteiger partial charge in [-0.3, -0.25) is 9.46 Å². The molecule has 6 nitrogen and oxygen atoms in total. The van der Waals surface area contributed by atoms with Crippen LogP contribution in [0.5, 0.6) is 0 Å². The molecule has 0 aromatic heterocycles. The van der Waals surface area contributed by atoms with Crippen LogP contribution in [0.3, 0.4) is 0 Å². The van der Waals surface area contributed by atoms with Crippen LogP contribution in [0.1, 0.15) is 26.3 Å². The van der Waals surface area contributed by atoms with E-state index in [0.29, 0.717) is 6.54 Å². The van der Waals surface area contributed by atoms with Crippen LogP contribution in [-0.2, 0) is 25.0 Å². The van der Waals surface area contributed by atoms with Crippen molar-refractivity contribution < 1.29 is 23.1 Å². The van der Waals surface area contributed by atoms with Gasteiger partial charge in [-0.05, 0) is 26.3 Å². The molecule has 1 aromatic rings. The molecule has 0 atom stereocenters. The summed E-state index contributed by atoms with van der Waals surface area (Å²) in [6.07, 6.45) is -0.648. The smallest absolute Gasteiger partial charge is 0.410 e. The zero-order valence-electron chi connectivity index (χ0n) is 13.4. The lowest BCUT2D eigenvalue weighted by atomic mass is 10.2. The molecule has 0 radical (unpaired) electrons. The minimum absolute atomic E-state index is 0.112. The van der Waals surface area contributed by atoms with Crippen LogP contribution in [0.4, 0.5) is 4.79 Å². The molecule has 0 saturated carbocycles. The Hall–Kier alpha value is -1.36. The summed E-state index contributed by atoms with van der Waals surface area (Å²) in [6.45, 7) is 6.29. The van der Waals surface area contributed by atoms with Crippen LogP contribution in [-0.4, -0.2) is 37.0 Å². The van der Waals surface area contributed by atoms with Gasteiger partial charge in [-0.1, -0.05) is 30.3 Å². The number of ether oxygens (including phenoxy) is 1. The lowest BCUT2D eigenvalue weighted by molar-refractivity contribution is 0.0990. The molecule has 1 rings (SSSR count).